The molecule has 1 amide bonds. The molecule has 100 valence electrons. The lowest BCUT2D eigenvalue weighted by molar-refractivity contribution is 0.158. The molecule has 1 fully saturated rings. The maximum absolute atomic E-state index is 11.7. The third-order valence-electron chi connectivity index (χ3n) is 2.80. The molecule has 1 rings (SSSR count). The molecule has 0 aromatic carbocycles. The first-order chi connectivity index (χ1) is 7.93. The molecule has 0 atom stereocenters. The first-order valence-corrected chi connectivity index (χ1v) is 7.10. The average molecular weight is 265 g/mol. The van der Waals surface area contributed by atoms with Crippen molar-refractivity contribution < 1.29 is 17.9 Å². The molecule has 0 spiro atoms. The zero-order chi connectivity index (χ0) is 12.9. The van der Waals surface area contributed by atoms with E-state index in [0.717, 1.165) is 12.8 Å². The Hall–Kier alpha value is -0.860. The Morgan fingerprint density at radius 2 is 2.00 bits per heavy atom. The van der Waals surface area contributed by atoms with Gasteiger partial charge in [-0.2, -0.15) is 13.1 Å². The molecule has 4 N–H and O–H groups in total. The van der Waals surface area contributed by atoms with Crippen molar-refractivity contribution in [3.8, 4) is 0 Å². The van der Waals surface area contributed by atoms with E-state index >= 15 is 0 Å². The van der Waals surface area contributed by atoms with E-state index in [9.17, 15) is 13.2 Å². The molecule has 1 aliphatic carbocycles. The zero-order valence-electron chi connectivity index (χ0n) is 9.86. The molecule has 1 saturated carbocycles. The van der Waals surface area contributed by atoms with Crippen LogP contribution in [0.15, 0.2) is 0 Å². The summed E-state index contributed by atoms with van der Waals surface area (Å²) < 4.78 is 32.1. The number of amides is 1. The number of rotatable bonds is 5. The van der Waals surface area contributed by atoms with Crippen LogP contribution in [0.1, 0.15) is 32.6 Å². The first kappa shape index (κ1) is 14.2. The molecule has 0 saturated heterocycles. The summed E-state index contributed by atoms with van der Waals surface area (Å²) >= 11 is 0. The first-order valence-electron chi connectivity index (χ1n) is 5.61. The number of nitrogens with one attached hydrogen (secondary N) is 2. The lowest BCUT2D eigenvalue weighted by Gasteiger charge is -2.27. The number of ether oxygens (including phenoxy) is 1. The highest BCUT2D eigenvalue weighted by atomic mass is 32.2. The van der Waals surface area contributed by atoms with Gasteiger partial charge in [-0.3, -0.25) is 0 Å². The van der Waals surface area contributed by atoms with Crippen LogP contribution >= 0.6 is 0 Å². The van der Waals surface area contributed by atoms with Crippen LogP contribution < -0.4 is 15.2 Å². The average Bonchev–Trinajstić information content (AvgIpc) is 2.65. The van der Waals surface area contributed by atoms with E-state index in [-0.39, 0.29) is 13.2 Å². The molecular formula is C9H19N3O4S. The fraction of sp³-hybridized carbons (Fsp3) is 0.889. The Balaban J connectivity index is 2.62. The van der Waals surface area contributed by atoms with Crippen molar-refractivity contribution in [3.63, 3.8) is 0 Å². The zero-order valence-corrected chi connectivity index (χ0v) is 10.7. The SMILES string of the molecule is CCOC(=O)NS(=O)(=O)NC1(CN)CCCC1. The van der Waals surface area contributed by atoms with Gasteiger partial charge in [0.2, 0.25) is 0 Å². The predicted molar refractivity (Wildman–Crippen MR) is 62.5 cm³/mol. The van der Waals surface area contributed by atoms with Crippen LogP contribution in [-0.4, -0.2) is 33.2 Å². The second-order valence-corrected chi connectivity index (χ2v) is 5.53. The summed E-state index contributed by atoms with van der Waals surface area (Å²) in [6.45, 7) is 1.93. The quantitative estimate of drug-likeness (QED) is 0.639. The third kappa shape index (κ3) is 4.14. The van der Waals surface area contributed by atoms with Gasteiger partial charge in [-0.15, -0.1) is 0 Å². The highest BCUT2D eigenvalue weighted by molar-refractivity contribution is 7.88. The van der Waals surface area contributed by atoms with Gasteiger partial charge in [0.15, 0.2) is 0 Å². The number of hydrogen-bond donors (Lipinski definition) is 3. The van der Waals surface area contributed by atoms with Crippen molar-refractivity contribution in [1.82, 2.24) is 9.44 Å². The van der Waals surface area contributed by atoms with E-state index in [1.807, 2.05) is 0 Å². The Morgan fingerprint density at radius 1 is 1.41 bits per heavy atom. The van der Waals surface area contributed by atoms with Gasteiger partial charge < -0.3 is 10.5 Å². The molecule has 0 aromatic heterocycles. The molecule has 8 heteroatoms. The summed E-state index contributed by atoms with van der Waals surface area (Å²) in [5.74, 6) is 0. The van der Waals surface area contributed by atoms with Crippen LogP contribution in [0.25, 0.3) is 0 Å². The molecule has 1 aliphatic rings. The lowest BCUT2D eigenvalue weighted by Crippen LogP contribution is -2.55. The Morgan fingerprint density at radius 3 is 2.47 bits per heavy atom. The summed E-state index contributed by atoms with van der Waals surface area (Å²) in [5, 5.41) is 0. The maximum Gasteiger partial charge on any atom is 0.421 e. The van der Waals surface area contributed by atoms with E-state index in [1.54, 1.807) is 11.6 Å². The van der Waals surface area contributed by atoms with Crippen molar-refractivity contribution >= 4 is 16.3 Å². The molecule has 0 unspecified atom stereocenters. The monoisotopic (exact) mass is 265 g/mol. The van der Waals surface area contributed by atoms with Gasteiger partial charge in [-0.05, 0) is 19.8 Å². The largest absolute Gasteiger partial charge is 0.449 e. The predicted octanol–water partition coefficient (Wildman–Crippen LogP) is -0.162. The van der Waals surface area contributed by atoms with Crippen LogP contribution in [0.2, 0.25) is 0 Å². The fourth-order valence-corrected chi connectivity index (χ4v) is 3.17. The van der Waals surface area contributed by atoms with Crippen molar-refractivity contribution in [3.05, 3.63) is 0 Å². The summed E-state index contributed by atoms with van der Waals surface area (Å²) in [5.41, 5.74) is 4.97. The summed E-state index contributed by atoms with van der Waals surface area (Å²) in [6, 6.07) is 0. The van der Waals surface area contributed by atoms with E-state index in [0.29, 0.717) is 12.8 Å². The lowest BCUT2D eigenvalue weighted by atomic mass is 10.0. The molecule has 0 heterocycles. The Labute approximate surface area is 101 Å². The molecular weight excluding hydrogens is 246 g/mol. The summed E-state index contributed by atoms with van der Waals surface area (Å²) in [4.78, 5) is 11.0. The third-order valence-corrected chi connectivity index (χ3v) is 3.93. The molecule has 17 heavy (non-hydrogen) atoms. The van der Waals surface area contributed by atoms with Gasteiger partial charge in [0, 0.05) is 12.1 Å². The highest BCUT2D eigenvalue weighted by Crippen LogP contribution is 2.29. The van der Waals surface area contributed by atoms with Crippen LogP contribution in [0.4, 0.5) is 4.79 Å². The summed E-state index contributed by atoms with van der Waals surface area (Å²) in [7, 11) is -3.91. The molecule has 7 nitrogen and oxygen atoms in total. The van der Waals surface area contributed by atoms with Gasteiger partial charge in [-0.25, -0.2) is 9.52 Å². The van der Waals surface area contributed by atoms with E-state index < -0.39 is 21.8 Å². The van der Waals surface area contributed by atoms with Crippen molar-refractivity contribution in [2.24, 2.45) is 5.73 Å². The van der Waals surface area contributed by atoms with Crippen LogP contribution in [0.5, 0.6) is 0 Å². The molecule has 0 bridgehead atoms. The van der Waals surface area contributed by atoms with Crippen LogP contribution in [0.3, 0.4) is 0 Å². The number of hydrogen-bond acceptors (Lipinski definition) is 5. The topological polar surface area (TPSA) is 111 Å². The molecule has 0 aromatic rings. The van der Waals surface area contributed by atoms with Crippen LogP contribution in [0, 0.1) is 0 Å². The standard InChI is InChI=1S/C9H19N3O4S/c1-2-16-8(13)11-17(14,15)12-9(7-10)5-3-4-6-9/h12H,2-7,10H2,1H3,(H,11,13). The molecule has 0 radical (unpaired) electrons. The van der Waals surface area contributed by atoms with Crippen molar-refractivity contribution in [1.29, 1.82) is 0 Å². The second kappa shape index (κ2) is 5.65. The van der Waals surface area contributed by atoms with Crippen LogP contribution in [-0.2, 0) is 14.9 Å². The number of carbonyl (C=O) groups is 1. The van der Waals surface area contributed by atoms with Gasteiger partial charge in [0.25, 0.3) is 0 Å². The van der Waals surface area contributed by atoms with E-state index in [1.165, 1.54) is 0 Å². The maximum atomic E-state index is 11.7. The Bertz CT molecular complexity index is 362. The van der Waals surface area contributed by atoms with Gasteiger partial charge >= 0.3 is 16.3 Å². The minimum absolute atomic E-state index is 0.114. The Kier molecular flexibility index (Phi) is 4.72. The highest BCUT2D eigenvalue weighted by Gasteiger charge is 2.36. The van der Waals surface area contributed by atoms with Gasteiger partial charge in [-0.1, -0.05) is 12.8 Å². The second-order valence-electron chi connectivity index (χ2n) is 4.12. The van der Waals surface area contributed by atoms with Gasteiger partial charge in [0.1, 0.15) is 0 Å². The van der Waals surface area contributed by atoms with E-state index in [2.05, 4.69) is 9.46 Å². The van der Waals surface area contributed by atoms with Crippen molar-refractivity contribution in [2.75, 3.05) is 13.2 Å². The summed E-state index contributed by atoms with van der Waals surface area (Å²) in [6.07, 6.45) is 2.25. The van der Waals surface area contributed by atoms with Gasteiger partial charge in [0.05, 0.1) is 6.61 Å². The normalized spacial score (nSPS) is 18.9. The minimum atomic E-state index is -3.91. The van der Waals surface area contributed by atoms with Crippen molar-refractivity contribution in [2.45, 2.75) is 38.1 Å². The van der Waals surface area contributed by atoms with E-state index in [4.69, 9.17) is 5.73 Å². The smallest absolute Gasteiger partial charge is 0.421 e. The molecule has 0 aliphatic heterocycles. The number of nitrogens with two attached hydrogens (primary N) is 1. The fourth-order valence-electron chi connectivity index (χ4n) is 1.98. The minimum Gasteiger partial charge on any atom is -0.449 e. The number of carbonyl (C=O) groups excluding carboxylic acids is 1.